The van der Waals surface area contributed by atoms with Crippen molar-refractivity contribution in [2.24, 2.45) is 0 Å². The zero-order chi connectivity index (χ0) is 19.2. The van der Waals surface area contributed by atoms with Gasteiger partial charge in [-0.05, 0) is 26.0 Å². The second-order valence-electron chi connectivity index (χ2n) is 6.02. The molecule has 3 aromatic rings. The molecule has 3 aromatic heterocycles. The van der Waals surface area contributed by atoms with Crippen LogP contribution in [0.25, 0.3) is 5.82 Å². The first kappa shape index (κ1) is 18.3. The summed E-state index contributed by atoms with van der Waals surface area (Å²) in [5, 5.41) is 5.90. The lowest BCUT2D eigenvalue weighted by Gasteiger charge is -2.10. The highest BCUT2D eigenvalue weighted by atomic mass is 16.2. The minimum absolute atomic E-state index is 0.0573. The van der Waals surface area contributed by atoms with Gasteiger partial charge in [-0.15, -0.1) is 0 Å². The Morgan fingerprint density at radius 1 is 1.11 bits per heavy atom. The molecule has 0 spiro atoms. The van der Waals surface area contributed by atoms with Crippen LogP contribution < -0.4 is 16.2 Å². The standard InChI is InChI=1S/C18H21N7O2/c1-13-14(2)23-12-25(18(13)27)10-17(26)20-6-5-19-15-9-16(22-11-21-15)24-7-3-4-8-24/h3-4,7-9,11-12H,5-6,10H2,1-2H3,(H,20,26)(H,19,21,22). The summed E-state index contributed by atoms with van der Waals surface area (Å²) in [5.41, 5.74) is 1.02. The average molecular weight is 367 g/mol. The molecule has 0 saturated heterocycles. The van der Waals surface area contributed by atoms with Gasteiger partial charge in [-0.25, -0.2) is 15.0 Å². The zero-order valence-electron chi connectivity index (χ0n) is 15.2. The van der Waals surface area contributed by atoms with E-state index in [1.165, 1.54) is 17.2 Å². The van der Waals surface area contributed by atoms with E-state index >= 15 is 0 Å². The predicted octanol–water partition coefficient (Wildman–Crippen LogP) is 0.669. The molecule has 2 N–H and O–H groups in total. The van der Waals surface area contributed by atoms with E-state index in [9.17, 15) is 9.59 Å². The van der Waals surface area contributed by atoms with E-state index in [0.29, 0.717) is 30.2 Å². The second kappa shape index (κ2) is 8.26. The van der Waals surface area contributed by atoms with Gasteiger partial charge in [-0.2, -0.15) is 0 Å². The minimum atomic E-state index is -0.250. The van der Waals surface area contributed by atoms with Crippen molar-refractivity contribution >= 4 is 11.7 Å². The molecule has 140 valence electrons. The first-order valence-electron chi connectivity index (χ1n) is 8.53. The first-order chi connectivity index (χ1) is 13.0. The van der Waals surface area contributed by atoms with Crippen molar-refractivity contribution in [1.82, 2.24) is 29.4 Å². The van der Waals surface area contributed by atoms with E-state index in [2.05, 4.69) is 25.6 Å². The van der Waals surface area contributed by atoms with E-state index in [4.69, 9.17) is 0 Å². The quantitative estimate of drug-likeness (QED) is 0.595. The van der Waals surface area contributed by atoms with Crippen molar-refractivity contribution in [1.29, 1.82) is 0 Å². The van der Waals surface area contributed by atoms with Crippen LogP contribution in [0, 0.1) is 13.8 Å². The normalized spacial score (nSPS) is 10.6. The van der Waals surface area contributed by atoms with Crippen molar-refractivity contribution in [3.63, 3.8) is 0 Å². The summed E-state index contributed by atoms with van der Waals surface area (Å²) in [6, 6.07) is 5.66. The molecule has 0 fully saturated rings. The number of hydrogen-bond donors (Lipinski definition) is 2. The molecule has 0 aliphatic heterocycles. The number of carbonyl (C=O) groups excluding carboxylic acids is 1. The average Bonchev–Trinajstić information content (AvgIpc) is 3.21. The number of aromatic nitrogens is 5. The Morgan fingerprint density at radius 3 is 2.67 bits per heavy atom. The fourth-order valence-electron chi connectivity index (χ4n) is 2.46. The molecule has 0 atom stereocenters. The molecule has 3 heterocycles. The molecule has 27 heavy (non-hydrogen) atoms. The Labute approximate surface area is 156 Å². The third-order valence-corrected chi connectivity index (χ3v) is 4.10. The molecule has 0 radical (unpaired) electrons. The van der Waals surface area contributed by atoms with Crippen molar-refractivity contribution < 1.29 is 4.79 Å². The lowest BCUT2D eigenvalue weighted by atomic mass is 10.3. The molecule has 0 aromatic carbocycles. The van der Waals surface area contributed by atoms with Gasteiger partial charge in [0.05, 0.1) is 6.33 Å². The molecule has 0 bridgehead atoms. The van der Waals surface area contributed by atoms with E-state index in [1.807, 2.05) is 35.2 Å². The Bertz CT molecular complexity index is 980. The molecular formula is C18H21N7O2. The fourth-order valence-corrected chi connectivity index (χ4v) is 2.46. The number of hydrogen-bond acceptors (Lipinski definition) is 6. The number of rotatable bonds is 7. The highest BCUT2D eigenvalue weighted by Crippen LogP contribution is 2.08. The van der Waals surface area contributed by atoms with E-state index < -0.39 is 0 Å². The number of nitrogens with one attached hydrogen (secondary N) is 2. The summed E-state index contributed by atoms with van der Waals surface area (Å²) in [5.74, 6) is 1.17. The molecule has 0 aliphatic carbocycles. The summed E-state index contributed by atoms with van der Waals surface area (Å²) in [4.78, 5) is 36.6. The van der Waals surface area contributed by atoms with E-state index in [0.717, 1.165) is 5.82 Å². The number of anilines is 1. The van der Waals surface area contributed by atoms with Crippen LogP contribution in [0.2, 0.25) is 0 Å². The number of carbonyl (C=O) groups is 1. The molecule has 0 unspecified atom stereocenters. The predicted molar refractivity (Wildman–Crippen MR) is 101 cm³/mol. The topological polar surface area (TPSA) is 107 Å². The molecule has 3 rings (SSSR count). The van der Waals surface area contributed by atoms with Gasteiger partial charge in [0.1, 0.15) is 24.5 Å². The van der Waals surface area contributed by atoms with Crippen LogP contribution in [-0.4, -0.2) is 43.1 Å². The summed E-state index contributed by atoms with van der Waals surface area (Å²) < 4.78 is 3.18. The summed E-state index contributed by atoms with van der Waals surface area (Å²) in [6.07, 6.45) is 6.67. The SMILES string of the molecule is Cc1ncn(CC(=O)NCCNc2cc(-n3cccc3)ncn2)c(=O)c1C. The van der Waals surface area contributed by atoms with Gasteiger partial charge >= 0.3 is 0 Å². The van der Waals surface area contributed by atoms with Gasteiger partial charge in [-0.3, -0.25) is 14.2 Å². The number of amides is 1. The maximum atomic E-state index is 12.1. The van der Waals surface area contributed by atoms with Gasteiger partial charge in [0.2, 0.25) is 5.91 Å². The lowest BCUT2D eigenvalue weighted by molar-refractivity contribution is -0.121. The zero-order valence-corrected chi connectivity index (χ0v) is 15.2. The van der Waals surface area contributed by atoms with Crippen LogP contribution in [0.4, 0.5) is 5.82 Å². The van der Waals surface area contributed by atoms with Gasteiger partial charge in [0.25, 0.3) is 5.56 Å². The maximum absolute atomic E-state index is 12.1. The molecule has 0 aliphatic rings. The second-order valence-corrected chi connectivity index (χ2v) is 6.02. The monoisotopic (exact) mass is 367 g/mol. The highest BCUT2D eigenvalue weighted by Gasteiger charge is 2.08. The number of aryl methyl sites for hydroxylation is 1. The summed E-state index contributed by atoms with van der Waals surface area (Å²) in [6.45, 7) is 4.30. The van der Waals surface area contributed by atoms with E-state index in [1.54, 1.807) is 13.8 Å². The third-order valence-electron chi connectivity index (χ3n) is 4.10. The van der Waals surface area contributed by atoms with Crippen LogP contribution in [0.15, 0.2) is 48.0 Å². The van der Waals surface area contributed by atoms with Crippen LogP contribution >= 0.6 is 0 Å². The smallest absolute Gasteiger partial charge is 0.256 e. The lowest BCUT2D eigenvalue weighted by Crippen LogP contribution is -2.35. The van der Waals surface area contributed by atoms with Crippen molar-refractivity contribution in [3.8, 4) is 5.82 Å². The van der Waals surface area contributed by atoms with Crippen LogP contribution in [0.3, 0.4) is 0 Å². The fraction of sp³-hybridized carbons (Fsp3) is 0.278. The van der Waals surface area contributed by atoms with Crippen molar-refractivity contribution in [2.45, 2.75) is 20.4 Å². The minimum Gasteiger partial charge on any atom is -0.368 e. The van der Waals surface area contributed by atoms with E-state index in [-0.39, 0.29) is 18.0 Å². The molecule has 9 nitrogen and oxygen atoms in total. The maximum Gasteiger partial charge on any atom is 0.256 e. The third kappa shape index (κ3) is 4.57. The van der Waals surface area contributed by atoms with Gasteiger partial charge in [0, 0.05) is 42.8 Å². The molecular weight excluding hydrogens is 346 g/mol. The Hall–Kier alpha value is -3.49. The van der Waals surface area contributed by atoms with Crippen LogP contribution in [0.5, 0.6) is 0 Å². The highest BCUT2D eigenvalue weighted by molar-refractivity contribution is 5.75. The van der Waals surface area contributed by atoms with Crippen molar-refractivity contribution in [3.05, 3.63) is 64.9 Å². The van der Waals surface area contributed by atoms with Gasteiger partial charge in [-0.1, -0.05) is 0 Å². The number of nitrogens with zero attached hydrogens (tertiary/aromatic N) is 5. The first-order valence-corrected chi connectivity index (χ1v) is 8.53. The summed E-state index contributed by atoms with van der Waals surface area (Å²) >= 11 is 0. The van der Waals surface area contributed by atoms with Gasteiger partial charge in [0.15, 0.2) is 0 Å². The van der Waals surface area contributed by atoms with Crippen LogP contribution in [-0.2, 0) is 11.3 Å². The molecule has 0 saturated carbocycles. The Morgan fingerprint density at radius 2 is 1.89 bits per heavy atom. The van der Waals surface area contributed by atoms with Gasteiger partial charge < -0.3 is 15.2 Å². The Kier molecular flexibility index (Phi) is 5.60. The Balaban J connectivity index is 1.48. The van der Waals surface area contributed by atoms with Crippen molar-refractivity contribution in [2.75, 3.05) is 18.4 Å². The van der Waals surface area contributed by atoms with Crippen LogP contribution in [0.1, 0.15) is 11.3 Å². The molecule has 1 amide bonds. The summed E-state index contributed by atoms with van der Waals surface area (Å²) in [7, 11) is 0. The largest absolute Gasteiger partial charge is 0.368 e. The molecule has 9 heteroatoms.